The van der Waals surface area contributed by atoms with Gasteiger partial charge in [-0.25, -0.2) is 4.79 Å². The van der Waals surface area contributed by atoms with E-state index >= 15 is 0 Å². The third-order valence-electron chi connectivity index (χ3n) is 3.59. The number of rotatable bonds is 3. The van der Waals surface area contributed by atoms with Gasteiger partial charge in [0, 0.05) is 10.6 Å². The van der Waals surface area contributed by atoms with E-state index < -0.39 is 0 Å². The quantitative estimate of drug-likeness (QED) is 0.609. The van der Waals surface area contributed by atoms with Crippen LogP contribution in [-0.2, 0) is 9.53 Å². The summed E-state index contributed by atoms with van der Waals surface area (Å²) in [6.45, 7) is 1.96. The molecule has 0 spiro atoms. The van der Waals surface area contributed by atoms with Gasteiger partial charge in [-0.1, -0.05) is 17.7 Å². The number of hydrogen-bond donors (Lipinski definition) is 0. The summed E-state index contributed by atoms with van der Waals surface area (Å²) < 4.78 is 10.6. The average Bonchev–Trinajstić information content (AvgIpc) is 2.89. The van der Waals surface area contributed by atoms with Crippen molar-refractivity contribution in [2.45, 2.75) is 6.92 Å². The van der Waals surface area contributed by atoms with Gasteiger partial charge >= 0.3 is 5.97 Å². The lowest BCUT2D eigenvalue weighted by molar-refractivity contribution is -0.130. The standard InChI is InChI=1S/C19H15ClO3/c1-12-9-13(3-8-17(12)22-2)10-15-11-18(23-19(15)21)14-4-6-16(20)7-5-14/h3-11H,1-2H3. The van der Waals surface area contributed by atoms with Crippen LogP contribution < -0.4 is 4.74 Å². The van der Waals surface area contributed by atoms with Crippen LogP contribution in [0.1, 0.15) is 16.7 Å². The van der Waals surface area contributed by atoms with E-state index in [1.54, 1.807) is 31.4 Å². The summed E-state index contributed by atoms with van der Waals surface area (Å²) in [4.78, 5) is 12.0. The largest absolute Gasteiger partial charge is 0.496 e. The van der Waals surface area contributed by atoms with Crippen LogP contribution in [0.25, 0.3) is 11.8 Å². The molecule has 0 fully saturated rings. The smallest absolute Gasteiger partial charge is 0.343 e. The molecule has 0 aromatic heterocycles. The SMILES string of the molecule is COc1ccc(C=C2C=C(c3ccc(Cl)cc3)OC2=O)cc1C. The number of carbonyl (C=O) groups is 1. The van der Waals surface area contributed by atoms with Gasteiger partial charge in [0.15, 0.2) is 0 Å². The molecule has 1 aliphatic heterocycles. The van der Waals surface area contributed by atoms with Crippen molar-refractivity contribution in [3.8, 4) is 5.75 Å². The van der Waals surface area contributed by atoms with E-state index in [0.29, 0.717) is 16.4 Å². The average molecular weight is 327 g/mol. The maximum Gasteiger partial charge on any atom is 0.343 e. The molecule has 0 saturated carbocycles. The van der Waals surface area contributed by atoms with Gasteiger partial charge in [0.05, 0.1) is 12.7 Å². The molecule has 3 rings (SSSR count). The highest BCUT2D eigenvalue weighted by Crippen LogP contribution is 2.29. The number of halogens is 1. The zero-order valence-electron chi connectivity index (χ0n) is 12.8. The van der Waals surface area contributed by atoms with Crippen molar-refractivity contribution in [2.24, 2.45) is 0 Å². The molecule has 1 aliphatic rings. The molecule has 0 N–H and O–H groups in total. The second-order valence-electron chi connectivity index (χ2n) is 5.23. The van der Waals surface area contributed by atoms with Crippen molar-refractivity contribution >= 4 is 29.4 Å². The number of benzene rings is 2. The first-order valence-corrected chi connectivity index (χ1v) is 7.51. The van der Waals surface area contributed by atoms with Gasteiger partial charge in [0.25, 0.3) is 0 Å². The Hall–Kier alpha value is -2.52. The van der Waals surface area contributed by atoms with Crippen LogP contribution in [0.5, 0.6) is 5.75 Å². The van der Waals surface area contributed by atoms with Crippen molar-refractivity contribution in [2.75, 3.05) is 7.11 Å². The van der Waals surface area contributed by atoms with Gasteiger partial charge in [-0.3, -0.25) is 0 Å². The molecule has 0 saturated heterocycles. The summed E-state index contributed by atoms with van der Waals surface area (Å²) in [6, 6.07) is 12.9. The first-order chi connectivity index (χ1) is 11.1. The Labute approximate surface area is 139 Å². The zero-order valence-corrected chi connectivity index (χ0v) is 13.6. The van der Waals surface area contributed by atoms with E-state index in [4.69, 9.17) is 21.1 Å². The van der Waals surface area contributed by atoms with E-state index in [2.05, 4.69) is 0 Å². The number of ether oxygens (including phenoxy) is 2. The summed E-state index contributed by atoms with van der Waals surface area (Å²) in [5, 5.41) is 0.642. The lowest BCUT2D eigenvalue weighted by Crippen LogP contribution is -1.97. The Bertz CT molecular complexity index is 817. The predicted molar refractivity (Wildman–Crippen MR) is 91.2 cm³/mol. The van der Waals surface area contributed by atoms with Crippen molar-refractivity contribution in [1.29, 1.82) is 0 Å². The molecule has 4 heteroatoms. The van der Waals surface area contributed by atoms with Crippen molar-refractivity contribution in [3.05, 3.63) is 75.8 Å². The van der Waals surface area contributed by atoms with Crippen LogP contribution in [0.4, 0.5) is 0 Å². The predicted octanol–water partition coefficient (Wildman–Crippen LogP) is 4.64. The molecule has 0 aliphatic carbocycles. The maximum absolute atomic E-state index is 12.0. The Kier molecular flexibility index (Phi) is 4.22. The van der Waals surface area contributed by atoms with Gasteiger partial charge in [-0.05, 0) is 66.6 Å². The number of esters is 1. The zero-order chi connectivity index (χ0) is 16.4. The van der Waals surface area contributed by atoms with Crippen molar-refractivity contribution in [3.63, 3.8) is 0 Å². The lowest BCUT2D eigenvalue weighted by atomic mass is 10.1. The van der Waals surface area contributed by atoms with Crippen molar-refractivity contribution in [1.82, 2.24) is 0 Å². The van der Waals surface area contributed by atoms with Crippen LogP contribution in [0.15, 0.2) is 54.1 Å². The number of cyclic esters (lactones) is 1. The van der Waals surface area contributed by atoms with E-state index in [-0.39, 0.29) is 5.97 Å². The van der Waals surface area contributed by atoms with Crippen molar-refractivity contribution < 1.29 is 14.3 Å². The molecule has 0 atom stereocenters. The third-order valence-corrected chi connectivity index (χ3v) is 3.85. The number of hydrogen-bond acceptors (Lipinski definition) is 3. The topological polar surface area (TPSA) is 35.5 Å². The first-order valence-electron chi connectivity index (χ1n) is 7.13. The minimum atomic E-state index is -0.358. The van der Waals surface area contributed by atoms with E-state index in [9.17, 15) is 4.79 Å². The Balaban J connectivity index is 1.91. The Morgan fingerprint density at radius 1 is 1.13 bits per heavy atom. The normalized spacial score (nSPS) is 15.5. The maximum atomic E-state index is 12.0. The summed E-state index contributed by atoms with van der Waals surface area (Å²) in [5.41, 5.74) is 3.26. The second-order valence-corrected chi connectivity index (χ2v) is 5.67. The van der Waals surface area contributed by atoms with Crippen LogP contribution in [0.2, 0.25) is 5.02 Å². The lowest BCUT2D eigenvalue weighted by Gasteiger charge is -2.04. The molecule has 0 radical (unpaired) electrons. The summed E-state index contributed by atoms with van der Waals surface area (Å²) in [5.74, 6) is 0.991. The highest BCUT2D eigenvalue weighted by Gasteiger charge is 2.21. The van der Waals surface area contributed by atoms with Gasteiger partial charge in [-0.15, -0.1) is 0 Å². The van der Waals surface area contributed by atoms with Crippen LogP contribution in [-0.4, -0.2) is 13.1 Å². The molecular weight excluding hydrogens is 312 g/mol. The van der Waals surface area contributed by atoms with Crippen LogP contribution >= 0.6 is 11.6 Å². The number of carbonyl (C=O) groups excluding carboxylic acids is 1. The second kappa shape index (κ2) is 6.31. The molecule has 1 heterocycles. The monoisotopic (exact) mass is 326 g/mol. The summed E-state index contributed by atoms with van der Waals surface area (Å²) >= 11 is 5.87. The highest BCUT2D eigenvalue weighted by atomic mass is 35.5. The number of aryl methyl sites for hydroxylation is 1. The fraction of sp³-hybridized carbons (Fsp3) is 0.105. The van der Waals surface area contributed by atoms with Gasteiger partial charge in [0.1, 0.15) is 11.5 Å². The van der Waals surface area contributed by atoms with E-state index in [1.807, 2.05) is 37.3 Å². The molecule has 0 bridgehead atoms. The third kappa shape index (κ3) is 3.30. The Morgan fingerprint density at radius 2 is 1.87 bits per heavy atom. The van der Waals surface area contributed by atoms with E-state index in [0.717, 1.165) is 22.4 Å². The molecule has 23 heavy (non-hydrogen) atoms. The summed E-state index contributed by atoms with van der Waals surface area (Å²) in [7, 11) is 1.63. The van der Waals surface area contributed by atoms with Gasteiger partial charge in [-0.2, -0.15) is 0 Å². The molecule has 3 nitrogen and oxygen atoms in total. The van der Waals surface area contributed by atoms with Gasteiger partial charge < -0.3 is 9.47 Å². The van der Waals surface area contributed by atoms with Gasteiger partial charge in [0.2, 0.25) is 0 Å². The minimum Gasteiger partial charge on any atom is -0.496 e. The highest BCUT2D eigenvalue weighted by molar-refractivity contribution is 6.30. The molecule has 0 amide bonds. The fourth-order valence-corrected chi connectivity index (χ4v) is 2.54. The van der Waals surface area contributed by atoms with E-state index in [1.165, 1.54) is 0 Å². The molecule has 0 unspecified atom stereocenters. The fourth-order valence-electron chi connectivity index (χ4n) is 2.42. The molecule has 2 aromatic rings. The summed E-state index contributed by atoms with van der Waals surface area (Å²) in [6.07, 6.45) is 3.54. The number of methoxy groups -OCH3 is 1. The van der Waals surface area contributed by atoms with Crippen LogP contribution in [0, 0.1) is 6.92 Å². The Morgan fingerprint density at radius 3 is 2.52 bits per heavy atom. The van der Waals surface area contributed by atoms with Crippen LogP contribution in [0.3, 0.4) is 0 Å². The minimum absolute atomic E-state index is 0.358. The molecule has 116 valence electrons. The molecule has 2 aromatic carbocycles. The first kappa shape index (κ1) is 15.4. The molecular formula is C19H15ClO3.